The minimum Gasteiger partial charge on any atom is -0.465 e. The lowest BCUT2D eigenvalue weighted by atomic mass is 10.0. The average molecular weight is 547 g/mol. The molecular formula is C31H30N8O2. The predicted molar refractivity (Wildman–Crippen MR) is 155 cm³/mol. The Balaban J connectivity index is 1.17. The summed E-state index contributed by atoms with van der Waals surface area (Å²) in [4.78, 5) is 34.4. The molecule has 2 aromatic heterocycles. The molecular weight excluding hydrogens is 516 g/mol. The number of fused-ring (bicyclic) bond motifs is 1. The van der Waals surface area contributed by atoms with Gasteiger partial charge in [-0.05, 0) is 31.4 Å². The Kier molecular flexibility index (Phi) is 7.52. The molecule has 0 bridgehead atoms. The second kappa shape index (κ2) is 11.7. The fourth-order valence-corrected chi connectivity index (χ4v) is 5.30. The Morgan fingerprint density at radius 2 is 1.71 bits per heavy atom. The maximum atomic E-state index is 12.4. The van der Waals surface area contributed by atoms with E-state index < -0.39 is 0 Å². The minimum atomic E-state index is -0.118. The molecule has 0 saturated carbocycles. The van der Waals surface area contributed by atoms with Gasteiger partial charge in [-0.3, -0.25) is 14.6 Å². The van der Waals surface area contributed by atoms with Crippen molar-refractivity contribution in [3.63, 3.8) is 0 Å². The van der Waals surface area contributed by atoms with Crippen LogP contribution in [0.1, 0.15) is 31.2 Å². The van der Waals surface area contributed by atoms with Crippen LogP contribution in [0.3, 0.4) is 0 Å². The van der Waals surface area contributed by atoms with Gasteiger partial charge in [0.2, 0.25) is 5.82 Å². The van der Waals surface area contributed by atoms with Gasteiger partial charge in [0, 0.05) is 49.5 Å². The van der Waals surface area contributed by atoms with E-state index in [1.807, 2.05) is 43.3 Å². The molecule has 0 unspecified atom stereocenters. The van der Waals surface area contributed by atoms with Crippen LogP contribution in [0, 0.1) is 11.3 Å². The van der Waals surface area contributed by atoms with Gasteiger partial charge in [0.05, 0.1) is 5.69 Å². The molecule has 0 atom stereocenters. The number of likely N-dealkylation sites (tertiary alicyclic amines) is 1. The van der Waals surface area contributed by atoms with Crippen molar-refractivity contribution in [2.24, 2.45) is 0 Å². The van der Waals surface area contributed by atoms with Crippen molar-refractivity contribution in [2.45, 2.75) is 32.4 Å². The van der Waals surface area contributed by atoms with Crippen molar-refractivity contribution in [2.75, 3.05) is 36.5 Å². The number of ether oxygens (including phenoxy) is 1. The maximum absolute atomic E-state index is 12.4. The van der Waals surface area contributed by atoms with Gasteiger partial charge >= 0.3 is 0 Å². The smallest absolute Gasteiger partial charge is 0.266 e. The number of carbonyl (C=O) groups excluding carboxylic acids is 1. The lowest BCUT2D eigenvalue weighted by molar-refractivity contribution is -0.121. The van der Waals surface area contributed by atoms with Crippen LogP contribution in [0.2, 0.25) is 0 Å². The standard InChI is InChI=1S/C31H30N8O2/c1-2-39-27(40)20-41-31-30(39)36-28(22-6-4-3-5-7-22)29(37-31)23-10-8-21(9-11-23)19-38-16-13-24(14-17-38)34-25-12-15-33-26(18-32)35-25/h3-12,15,24H,2,13-14,16-17,19-20H2,1H3,(H,33,34,35). The summed E-state index contributed by atoms with van der Waals surface area (Å²) in [5.41, 5.74) is 4.53. The number of nitriles is 1. The van der Waals surface area contributed by atoms with Crippen molar-refractivity contribution in [3.05, 3.63) is 78.2 Å². The Hall–Kier alpha value is -4.88. The summed E-state index contributed by atoms with van der Waals surface area (Å²) in [6, 6.07) is 22.5. The third-order valence-corrected chi connectivity index (χ3v) is 7.43. The van der Waals surface area contributed by atoms with Crippen LogP contribution in [-0.2, 0) is 11.3 Å². The van der Waals surface area contributed by atoms with Crippen molar-refractivity contribution in [1.29, 1.82) is 5.26 Å². The summed E-state index contributed by atoms with van der Waals surface area (Å²) in [5.74, 6) is 1.61. The number of nitrogens with zero attached hydrogens (tertiary/aromatic N) is 7. The molecule has 4 aromatic rings. The zero-order chi connectivity index (χ0) is 28.2. The summed E-state index contributed by atoms with van der Waals surface area (Å²) in [5, 5.41) is 12.5. The highest BCUT2D eigenvalue weighted by Crippen LogP contribution is 2.37. The summed E-state index contributed by atoms with van der Waals surface area (Å²) >= 11 is 0. The molecule has 1 fully saturated rings. The molecule has 1 saturated heterocycles. The normalized spacial score (nSPS) is 15.6. The number of nitrogens with one attached hydrogen (secondary N) is 1. The largest absolute Gasteiger partial charge is 0.465 e. The first kappa shape index (κ1) is 26.3. The van der Waals surface area contributed by atoms with Gasteiger partial charge in [-0.25, -0.2) is 19.9 Å². The fourth-order valence-electron chi connectivity index (χ4n) is 5.30. The first-order valence-electron chi connectivity index (χ1n) is 13.8. The number of hydrogen-bond acceptors (Lipinski definition) is 9. The molecule has 206 valence electrons. The topological polar surface area (TPSA) is 120 Å². The number of rotatable bonds is 7. The molecule has 2 aromatic carbocycles. The van der Waals surface area contributed by atoms with Crippen LogP contribution in [-0.4, -0.2) is 63.0 Å². The number of benzene rings is 2. The van der Waals surface area contributed by atoms with Crippen LogP contribution in [0.4, 0.5) is 11.6 Å². The van der Waals surface area contributed by atoms with E-state index in [2.05, 4.69) is 44.5 Å². The second-order valence-electron chi connectivity index (χ2n) is 10.1. The SMILES string of the molecule is CCN1C(=O)COc2nc(-c3ccc(CN4CCC(Nc5ccnc(C#N)n5)CC4)cc3)c(-c3ccccc3)nc21. The van der Waals surface area contributed by atoms with Crippen LogP contribution < -0.4 is 15.0 Å². The van der Waals surface area contributed by atoms with Gasteiger partial charge in [0.25, 0.3) is 11.8 Å². The fraction of sp³-hybridized carbons (Fsp3) is 0.290. The van der Waals surface area contributed by atoms with E-state index in [9.17, 15) is 4.79 Å². The number of aromatic nitrogens is 4. The Bertz CT molecular complexity index is 1580. The molecule has 41 heavy (non-hydrogen) atoms. The summed E-state index contributed by atoms with van der Waals surface area (Å²) < 4.78 is 5.70. The Labute approximate surface area is 238 Å². The van der Waals surface area contributed by atoms with Crippen molar-refractivity contribution in [1.82, 2.24) is 24.8 Å². The van der Waals surface area contributed by atoms with Crippen molar-refractivity contribution < 1.29 is 9.53 Å². The minimum absolute atomic E-state index is 0.0369. The number of carbonyl (C=O) groups is 1. The second-order valence-corrected chi connectivity index (χ2v) is 10.1. The van der Waals surface area contributed by atoms with E-state index in [0.29, 0.717) is 35.8 Å². The summed E-state index contributed by atoms with van der Waals surface area (Å²) in [7, 11) is 0. The molecule has 4 heterocycles. The first-order chi connectivity index (χ1) is 20.1. The molecule has 0 aliphatic carbocycles. The molecule has 2 aliphatic heterocycles. The lowest BCUT2D eigenvalue weighted by Gasteiger charge is -2.32. The van der Waals surface area contributed by atoms with Gasteiger partial charge in [0.15, 0.2) is 12.4 Å². The predicted octanol–water partition coefficient (Wildman–Crippen LogP) is 4.29. The van der Waals surface area contributed by atoms with Gasteiger partial charge in [-0.15, -0.1) is 0 Å². The highest BCUT2D eigenvalue weighted by Gasteiger charge is 2.29. The highest BCUT2D eigenvalue weighted by atomic mass is 16.5. The van der Waals surface area contributed by atoms with Gasteiger partial charge in [0.1, 0.15) is 17.6 Å². The summed E-state index contributed by atoms with van der Waals surface area (Å²) in [6.45, 7) is 5.18. The highest BCUT2D eigenvalue weighted by molar-refractivity contribution is 5.97. The van der Waals surface area contributed by atoms with Crippen molar-refractivity contribution >= 4 is 17.5 Å². The van der Waals surface area contributed by atoms with E-state index in [0.717, 1.165) is 49.3 Å². The molecule has 1 amide bonds. The molecule has 0 radical (unpaired) electrons. The third kappa shape index (κ3) is 5.71. The van der Waals surface area contributed by atoms with E-state index in [-0.39, 0.29) is 18.3 Å². The monoisotopic (exact) mass is 546 g/mol. The number of amides is 1. The van der Waals surface area contributed by atoms with E-state index >= 15 is 0 Å². The quantitative estimate of drug-likeness (QED) is 0.362. The van der Waals surface area contributed by atoms with Crippen LogP contribution in [0.15, 0.2) is 66.9 Å². The third-order valence-electron chi connectivity index (χ3n) is 7.43. The Morgan fingerprint density at radius 3 is 2.44 bits per heavy atom. The number of hydrogen-bond donors (Lipinski definition) is 1. The van der Waals surface area contributed by atoms with E-state index in [4.69, 9.17) is 20.0 Å². The molecule has 0 spiro atoms. The number of anilines is 2. The molecule has 10 nitrogen and oxygen atoms in total. The van der Waals surface area contributed by atoms with Gasteiger partial charge < -0.3 is 10.1 Å². The van der Waals surface area contributed by atoms with Gasteiger partial charge in [-0.2, -0.15) is 5.26 Å². The summed E-state index contributed by atoms with van der Waals surface area (Å²) in [6.07, 6.45) is 3.60. The van der Waals surface area contributed by atoms with E-state index in [1.54, 1.807) is 17.2 Å². The average Bonchev–Trinajstić information content (AvgIpc) is 3.02. The van der Waals surface area contributed by atoms with E-state index in [1.165, 1.54) is 5.56 Å². The molecule has 6 rings (SSSR count). The van der Waals surface area contributed by atoms with Gasteiger partial charge in [-0.1, -0.05) is 54.6 Å². The van der Waals surface area contributed by atoms with Crippen molar-refractivity contribution in [3.8, 4) is 34.5 Å². The Morgan fingerprint density at radius 1 is 0.976 bits per heavy atom. The number of piperidine rings is 1. The van der Waals surface area contributed by atoms with Crippen LogP contribution >= 0.6 is 0 Å². The first-order valence-corrected chi connectivity index (χ1v) is 13.8. The molecule has 2 aliphatic rings. The zero-order valence-electron chi connectivity index (χ0n) is 22.8. The molecule has 10 heteroatoms. The maximum Gasteiger partial charge on any atom is 0.266 e. The molecule has 1 N–H and O–H groups in total. The zero-order valence-corrected chi connectivity index (χ0v) is 22.8. The van der Waals surface area contributed by atoms with Crippen LogP contribution in [0.25, 0.3) is 22.5 Å². The lowest BCUT2D eigenvalue weighted by Crippen LogP contribution is -2.39. The number of likely N-dealkylation sites (N-methyl/N-ethyl adjacent to an activating group) is 1. The van der Waals surface area contributed by atoms with Crippen LogP contribution in [0.5, 0.6) is 5.88 Å².